The Morgan fingerprint density at radius 3 is 2.30 bits per heavy atom. The number of hydrogen-bond donors (Lipinski definition) is 1. The smallest absolute Gasteiger partial charge is 0.128 e. The summed E-state index contributed by atoms with van der Waals surface area (Å²) in [4.78, 5) is 10.1. The highest BCUT2D eigenvalue weighted by atomic mass is 127. The van der Waals surface area contributed by atoms with Crippen LogP contribution >= 0.6 is 33.9 Å². The van der Waals surface area contributed by atoms with Crippen molar-refractivity contribution in [2.45, 2.75) is 26.2 Å². The quantitative estimate of drug-likeness (QED) is 0.141. The van der Waals surface area contributed by atoms with Gasteiger partial charge in [-0.2, -0.15) is 0 Å². The van der Waals surface area contributed by atoms with Gasteiger partial charge in [0.2, 0.25) is 0 Å². The van der Waals surface area contributed by atoms with Crippen LogP contribution in [0.5, 0.6) is 5.75 Å². The molecule has 226 valence electrons. The van der Waals surface area contributed by atoms with E-state index in [9.17, 15) is 9.50 Å². The van der Waals surface area contributed by atoms with Crippen LogP contribution in [0, 0.1) is 9.39 Å². The molecule has 0 bridgehead atoms. The molecular formula is C40H30FIN2OS. The lowest BCUT2D eigenvalue weighted by Gasteiger charge is -2.21. The minimum atomic E-state index is -0.260. The first-order valence-corrected chi connectivity index (χ1v) is 16.9. The number of hydrogen-bond acceptors (Lipinski definition) is 4. The predicted molar refractivity (Wildman–Crippen MR) is 200 cm³/mol. The number of para-hydroxylation sites is 1. The van der Waals surface area contributed by atoms with Crippen molar-refractivity contribution in [3.05, 3.63) is 136 Å². The highest BCUT2D eigenvalue weighted by Gasteiger charge is 2.21. The Kier molecular flexibility index (Phi) is 7.95. The maximum Gasteiger partial charge on any atom is 0.128 e. The van der Waals surface area contributed by atoms with E-state index in [2.05, 4.69) is 98.0 Å². The van der Waals surface area contributed by atoms with Gasteiger partial charge in [0.1, 0.15) is 16.6 Å². The molecule has 0 saturated heterocycles. The van der Waals surface area contributed by atoms with Crippen LogP contribution in [0.3, 0.4) is 0 Å². The Bertz CT molecular complexity index is 2280. The number of nitrogens with zero attached hydrogens (tertiary/aromatic N) is 2. The Morgan fingerprint density at radius 2 is 1.50 bits per heavy atom. The molecule has 0 aliphatic heterocycles. The second kappa shape index (κ2) is 12.1. The zero-order valence-corrected chi connectivity index (χ0v) is 28.5. The number of thiazole rings is 1. The summed E-state index contributed by atoms with van der Waals surface area (Å²) in [5, 5.41) is 14.3. The van der Waals surface area contributed by atoms with Crippen LogP contribution in [0.2, 0.25) is 0 Å². The molecule has 6 aromatic carbocycles. The fourth-order valence-electron chi connectivity index (χ4n) is 5.82. The summed E-state index contributed by atoms with van der Waals surface area (Å²) in [6, 6.07) is 37.6. The molecule has 1 N–H and O–H groups in total. The number of halogens is 2. The van der Waals surface area contributed by atoms with E-state index < -0.39 is 0 Å². The van der Waals surface area contributed by atoms with Crippen LogP contribution in [0.4, 0.5) is 10.1 Å². The Hall–Kier alpha value is -4.40. The van der Waals surface area contributed by atoms with Crippen molar-refractivity contribution in [3.63, 3.8) is 0 Å². The van der Waals surface area contributed by atoms with Gasteiger partial charge >= 0.3 is 0 Å². The third kappa shape index (κ3) is 5.83. The standard InChI is InChI=1S/C40H30FIN2OS/c1-40(2,3)34-22-29(42)19-27(38(34)45)23-43-35-14-7-6-12-32(35)39-44-37-33(31-13-8-10-25-9-4-5-11-30(25)31)20-26(21-36(37)46-39)24-15-17-28(41)18-16-24/h4-23,45H,1-3H3/b43-23+. The highest BCUT2D eigenvalue weighted by Crippen LogP contribution is 2.43. The van der Waals surface area contributed by atoms with Crippen molar-refractivity contribution in [1.29, 1.82) is 0 Å². The van der Waals surface area contributed by atoms with Gasteiger partial charge in [-0.25, -0.2) is 9.37 Å². The lowest BCUT2D eigenvalue weighted by Crippen LogP contribution is -2.12. The molecule has 0 radical (unpaired) electrons. The summed E-state index contributed by atoms with van der Waals surface area (Å²) >= 11 is 3.90. The number of rotatable bonds is 5. The molecule has 0 saturated carbocycles. The third-order valence-corrected chi connectivity index (χ3v) is 9.80. The second-order valence-corrected chi connectivity index (χ2v) is 14.6. The van der Waals surface area contributed by atoms with Gasteiger partial charge in [-0.15, -0.1) is 11.3 Å². The lowest BCUT2D eigenvalue weighted by atomic mass is 9.85. The van der Waals surface area contributed by atoms with E-state index in [0.29, 0.717) is 5.56 Å². The Morgan fingerprint density at radius 1 is 0.783 bits per heavy atom. The molecule has 0 amide bonds. The number of benzene rings is 6. The van der Waals surface area contributed by atoms with Gasteiger partial charge in [0, 0.05) is 32.0 Å². The molecule has 0 fully saturated rings. The molecule has 46 heavy (non-hydrogen) atoms. The largest absolute Gasteiger partial charge is 0.507 e. The number of phenols is 1. The van der Waals surface area contributed by atoms with E-state index in [-0.39, 0.29) is 17.0 Å². The SMILES string of the molecule is CC(C)(C)c1cc(I)cc(/C=N/c2ccccc2-c2nc3c(-c4cccc5ccccc45)cc(-c4ccc(F)cc4)cc3s2)c1O. The van der Waals surface area contributed by atoms with Gasteiger partial charge in [-0.3, -0.25) is 4.99 Å². The summed E-state index contributed by atoms with van der Waals surface area (Å²) in [5.41, 5.74) is 8.01. The predicted octanol–water partition coefficient (Wildman–Crippen LogP) is 11.9. The number of aliphatic imine (C=N–C) groups is 1. The van der Waals surface area contributed by atoms with Crippen LogP contribution in [0.1, 0.15) is 31.9 Å². The summed E-state index contributed by atoms with van der Waals surface area (Å²) < 4.78 is 15.9. The lowest BCUT2D eigenvalue weighted by molar-refractivity contribution is 0.445. The van der Waals surface area contributed by atoms with E-state index in [4.69, 9.17) is 9.98 Å². The minimum absolute atomic E-state index is 0.207. The van der Waals surface area contributed by atoms with E-state index in [1.807, 2.05) is 48.5 Å². The number of fused-ring (bicyclic) bond motifs is 2. The normalized spacial score (nSPS) is 12.0. The van der Waals surface area contributed by atoms with Gasteiger partial charge in [-0.1, -0.05) is 87.5 Å². The van der Waals surface area contributed by atoms with Gasteiger partial charge in [0.25, 0.3) is 0 Å². The Labute approximate surface area is 285 Å². The monoisotopic (exact) mass is 732 g/mol. The Balaban J connectivity index is 1.39. The van der Waals surface area contributed by atoms with Gasteiger partial charge < -0.3 is 5.11 Å². The zero-order chi connectivity index (χ0) is 32.0. The maximum atomic E-state index is 13.9. The molecular weight excluding hydrogens is 702 g/mol. The molecule has 6 heteroatoms. The third-order valence-electron chi connectivity index (χ3n) is 8.14. The summed E-state index contributed by atoms with van der Waals surface area (Å²) in [5.74, 6) is -0.00769. The van der Waals surface area contributed by atoms with Crippen molar-refractivity contribution < 1.29 is 9.50 Å². The maximum absolute atomic E-state index is 13.9. The zero-order valence-electron chi connectivity index (χ0n) is 25.6. The van der Waals surface area contributed by atoms with Crippen LogP contribution in [-0.2, 0) is 5.41 Å². The molecule has 0 aliphatic carbocycles. The van der Waals surface area contributed by atoms with Crippen LogP contribution in [0.25, 0.3) is 53.8 Å². The fraction of sp³-hybridized carbons (Fsp3) is 0.100. The molecule has 0 unspecified atom stereocenters. The minimum Gasteiger partial charge on any atom is -0.507 e. The number of phenolic OH excluding ortho intramolecular Hbond substituents is 1. The van der Waals surface area contributed by atoms with E-state index in [0.717, 1.165) is 68.6 Å². The topological polar surface area (TPSA) is 45.5 Å². The number of aromatic hydroxyl groups is 1. The molecule has 0 aliphatic rings. The van der Waals surface area contributed by atoms with Crippen molar-refractivity contribution in [2.75, 3.05) is 0 Å². The average molecular weight is 733 g/mol. The molecule has 0 atom stereocenters. The van der Waals surface area contributed by atoms with E-state index >= 15 is 0 Å². The second-order valence-electron chi connectivity index (χ2n) is 12.3. The van der Waals surface area contributed by atoms with Crippen LogP contribution < -0.4 is 0 Å². The van der Waals surface area contributed by atoms with E-state index in [1.165, 1.54) is 12.1 Å². The van der Waals surface area contributed by atoms with Gasteiger partial charge in [0.15, 0.2) is 0 Å². The van der Waals surface area contributed by atoms with Crippen LogP contribution in [-0.4, -0.2) is 16.3 Å². The first kappa shape index (κ1) is 30.3. The highest BCUT2D eigenvalue weighted by molar-refractivity contribution is 14.1. The van der Waals surface area contributed by atoms with Crippen LogP contribution in [0.15, 0.2) is 120 Å². The first-order chi connectivity index (χ1) is 22.2. The van der Waals surface area contributed by atoms with Crippen molar-refractivity contribution in [2.24, 2.45) is 4.99 Å². The first-order valence-electron chi connectivity index (χ1n) is 15.0. The summed E-state index contributed by atoms with van der Waals surface area (Å²) in [6.45, 7) is 6.28. The molecule has 0 spiro atoms. The molecule has 3 nitrogen and oxygen atoms in total. The van der Waals surface area contributed by atoms with Gasteiger partial charge in [0.05, 0.1) is 15.9 Å². The number of aromatic nitrogens is 1. The molecule has 7 rings (SSSR count). The van der Waals surface area contributed by atoms with E-state index in [1.54, 1.807) is 17.6 Å². The summed E-state index contributed by atoms with van der Waals surface area (Å²) in [6.07, 6.45) is 1.74. The van der Waals surface area contributed by atoms with Crippen molar-refractivity contribution in [1.82, 2.24) is 4.98 Å². The average Bonchev–Trinajstić information content (AvgIpc) is 3.48. The molecule has 7 aromatic rings. The van der Waals surface area contributed by atoms with Crippen molar-refractivity contribution >= 4 is 66.8 Å². The molecule has 1 heterocycles. The fourth-order valence-corrected chi connectivity index (χ4v) is 7.53. The molecule has 1 aromatic heterocycles. The summed E-state index contributed by atoms with van der Waals surface area (Å²) in [7, 11) is 0. The van der Waals surface area contributed by atoms with Crippen molar-refractivity contribution in [3.8, 4) is 38.6 Å². The van der Waals surface area contributed by atoms with Gasteiger partial charge in [-0.05, 0) is 104 Å².